The van der Waals surface area contributed by atoms with Gasteiger partial charge in [-0.3, -0.25) is 9.78 Å². The lowest BCUT2D eigenvalue weighted by atomic mass is 9.85. The van der Waals surface area contributed by atoms with Crippen LogP contribution in [0.1, 0.15) is 30.0 Å². The molecule has 2 heterocycles. The van der Waals surface area contributed by atoms with Gasteiger partial charge in [0.1, 0.15) is 0 Å². The molecule has 3 nitrogen and oxygen atoms in total. The molecule has 0 N–H and O–H groups in total. The number of nitrogens with zero attached hydrogens (tertiary/aromatic N) is 2. The van der Waals surface area contributed by atoms with Crippen molar-refractivity contribution in [2.24, 2.45) is 0 Å². The zero-order valence-corrected chi connectivity index (χ0v) is 13.2. The number of aryl methyl sites for hydroxylation is 1. The van der Waals surface area contributed by atoms with Gasteiger partial charge >= 0.3 is 0 Å². The number of amides is 1. The maximum Gasteiger partial charge on any atom is 0.236 e. The molecule has 1 aliphatic heterocycles. The molecule has 2 aromatic rings. The normalized spacial score (nSPS) is 20.2. The highest BCUT2D eigenvalue weighted by Gasteiger charge is 2.33. The van der Waals surface area contributed by atoms with E-state index in [-0.39, 0.29) is 11.8 Å². The highest BCUT2D eigenvalue weighted by atomic mass is 32.2. The molecule has 0 bridgehead atoms. The number of benzene rings is 1. The summed E-state index contributed by atoms with van der Waals surface area (Å²) in [6, 6.07) is 12.3. The molecule has 1 atom stereocenters. The summed E-state index contributed by atoms with van der Waals surface area (Å²) >= 11 is 1.83. The van der Waals surface area contributed by atoms with E-state index in [1.165, 1.54) is 10.5 Å². The van der Waals surface area contributed by atoms with E-state index in [1.54, 1.807) is 0 Å². The second-order valence-electron chi connectivity index (χ2n) is 5.80. The van der Waals surface area contributed by atoms with Crippen molar-refractivity contribution >= 4 is 23.4 Å². The Labute approximate surface area is 134 Å². The van der Waals surface area contributed by atoms with Gasteiger partial charge in [0.05, 0.1) is 17.3 Å². The zero-order valence-electron chi connectivity index (χ0n) is 12.4. The minimum absolute atomic E-state index is 0.0823. The van der Waals surface area contributed by atoms with Crippen molar-refractivity contribution < 1.29 is 4.79 Å². The molecule has 22 heavy (non-hydrogen) atoms. The first-order valence-electron chi connectivity index (χ1n) is 7.81. The zero-order chi connectivity index (χ0) is 14.9. The summed E-state index contributed by atoms with van der Waals surface area (Å²) in [5.74, 6) is 1.10. The van der Waals surface area contributed by atoms with E-state index in [0.29, 0.717) is 0 Å². The van der Waals surface area contributed by atoms with E-state index >= 15 is 0 Å². The average molecular weight is 310 g/mol. The Morgan fingerprint density at radius 3 is 3.09 bits per heavy atom. The van der Waals surface area contributed by atoms with Crippen molar-refractivity contribution in [1.29, 1.82) is 0 Å². The first-order chi connectivity index (χ1) is 10.8. The summed E-state index contributed by atoms with van der Waals surface area (Å²) in [5, 5.41) is 0. The van der Waals surface area contributed by atoms with Crippen LogP contribution in [-0.4, -0.2) is 23.2 Å². The van der Waals surface area contributed by atoms with Crippen molar-refractivity contribution in [3.63, 3.8) is 0 Å². The van der Waals surface area contributed by atoms with E-state index in [0.717, 1.165) is 42.9 Å². The fraction of sp³-hybridized carbons (Fsp3) is 0.333. The molecule has 2 aliphatic rings. The quantitative estimate of drug-likeness (QED) is 0.806. The van der Waals surface area contributed by atoms with Gasteiger partial charge in [0.2, 0.25) is 5.91 Å². The molecule has 0 saturated carbocycles. The monoisotopic (exact) mass is 310 g/mol. The molecule has 0 saturated heterocycles. The molecule has 1 amide bonds. The molecule has 1 aromatic carbocycles. The molecule has 0 unspecified atom stereocenters. The summed E-state index contributed by atoms with van der Waals surface area (Å²) in [6.45, 7) is 0.791. The number of pyridine rings is 1. The third-order valence-electron chi connectivity index (χ3n) is 4.49. The summed E-state index contributed by atoms with van der Waals surface area (Å²) in [4.78, 5) is 20.9. The predicted molar refractivity (Wildman–Crippen MR) is 89.4 cm³/mol. The van der Waals surface area contributed by atoms with E-state index in [9.17, 15) is 4.79 Å². The van der Waals surface area contributed by atoms with Gasteiger partial charge in [-0.15, -0.1) is 11.8 Å². The highest BCUT2D eigenvalue weighted by Crippen LogP contribution is 2.38. The van der Waals surface area contributed by atoms with Crippen LogP contribution in [0, 0.1) is 0 Å². The molecular weight excluding hydrogens is 292 g/mol. The lowest BCUT2D eigenvalue weighted by Crippen LogP contribution is -2.40. The van der Waals surface area contributed by atoms with E-state index in [2.05, 4.69) is 23.2 Å². The molecule has 1 aromatic heterocycles. The van der Waals surface area contributed by atoms with Gasteiger partial charge in [-0.05, 0) is 43.0 Å². The summed E-state index contributed by atoms with van der Waals surface area (Å²) in [6.07, 6.45) is 4.83. The minimum atomic E-state index is -0.0823. The number of fused-ring (bicyclic) bond motifs is 2. The van der Waals surface area contributed by atoms with Gasteiger partial charge in [0, 0.05) is 23.4 Å². The van der Waals surface area contributed by atoms with Crippen molar-refractivity contribution in [2.45, 2.75) is 30.1 Å². The lowest BCUT2D eigenvalue weighted by molar-refractivity contribution is -0.120. The van der Waals surface area contributed by atoms with Crippen LogP contribution in [-0.2, 0) is 11.2 Å². The summed E-state index contributed by atoms with van der Waals surface area (Å²) in [5.41, 5.74) is 3.30. The van der Waals surface area contributed by atoms with Crippen molar-refractivity contribution in [3.8, 4) is 0 Å². The SMILES string of the molecule is O=C([C@@H]1CCCc2cccnc21)N1CCSc2ccccc21. The van der Waals surface area contributed by atoms with Crippen LogP contribution in [0.4, 0.5) is 5.69 Å². The molecule has 1 aliphatic carbocycles. The van der Waals surface area contributed by atoms with Crippen molar-refractivity contribution in [2.75, 3.05) is 17.2 Å². The highest BCUT2D eigenvalue weighted by molar-refractivity contribution is 7.99. The van der Waals surface area contributed by atoms with Crippen LogP contribution >= 0.6 is 11.8 Å². The smallest absolute Gasteiger partial charge is 0.236 e. The average Bonchev–Trinajstić information content (AvgIpc) is 2.60. The summed E-state index contributed by atoms with van der Waals surface area (Å²) < 4.78 is 0. The van der Waals surface area contributed by atoms with Crippen LogP contribution in [0.25, 0.3) is 0 Å². The molecule has 0 fully saturated rings. The number of anilines is 1. The number of para-hydroxylation sites is 1. The third-order valence-corrected chi connectivity index (χ3v) is 5.53. The van der Waals surface area contributed by atoms with E-state index < -0.39 is 0 Å². The number of carbonyl (C=O) groups excluding carboxylic acids is 1. The maximum absolute atomic E-state index is 13.2. The van der Waals surface area contributed by atoms with Gasteiger partial charge in [-0.2, -0.15) is 0 Å². The first kappa shape index (κ1) is 13.8. The van der Waals surface area contributed by atoms with Gasteiger partial charge in [-0.1, -0.05) is 18.2 Å². The molecule has 4 heteroatoms. The Kier molecular flexibility index (Phi) is 3.62. The summed E-state index contributed by atoms with van der Waals surface area (Å²) in [7, 11) is 0. The Bertz CT molecular complexity index is 656. The van der Waals surface area contributed by atoms with Gasteiger partial charge in [0.15, 0.2) is 0 Å². The number of hydrogen-bond donors (Lipinski definition) is 0. The van der Waals surface area contributed by atoms with Crippen LogP contribution < -0.4 is 4.90 Å². The number of aromatic nitrogens is 1. The molecule has 0 spiro atoms. The predicted octanol–water partition coefficient (Wildman–Crippen LogP) is 3.64. The van der Waals surface area contributed by atoms with E-state index in [1.807, 2.05) is 41.1 Å². The second kappa shape index (κ2) is 5.76. The standard InChI is InChI=1S/C18H18N2OS/c21-18(14-7-3-5-13-6-4-10-19-17(13)14)20-11-12-22-16-9-2-1-8-15(16)20/h1-2,4,6,8-10,14H,3,5,7,11-12H2/t14-/m1/s1. The fourth-order valence-corrected chi connectivity index (χ4v) is 4.43. The van der Waals surface area contributed by atoms with Crippen molar-refractivity contribution in [3.05, 3.63) is 53.9 Å². The minimum Gasteiger partial charge on any atom is -0.310 e. The van der Waals surface area contributed by atoms with Crippen LogP contribution in [0.5, 0.6) is 0 Å². The Balaban J connectivity index is 1.69. The second-order valence-corrected chi connectivity index (χ2v) is 6.94. The molecule has 4 rings (SSSR count). The van der Waals surface area contributed by atoms with Gasteiger partial charge in [0.25, 0.3) is 0 Å². The van der Waals surface area contributed by atoms with Gasteiger partial charge in [-0.25, -0.2) is 0 Å². The number of carbonyl (C=O) groups is 1. The van der Waals surface area contributed by atoms with Crippen LogP contribution in [0.15, 0.2) is 47.5 Å². The molecular formula is C18H18N2OS. The van der Waals surface area contributed by atoms with Gasteiger partial charge < -0.3 is 4.90 Å². The number of thioether (sulfide) groups is 1. The van der Waals surface area contributed by atoms with Crippen LogP contribution in [0.2, 0.25) is 0 Å². The van der Waals surface area contributed by atoms with Crippen LogP contribution in [0.3, 0.4) is 0 Å². The van der Waals surface area contributed by atoms with Crippen molar-refractivity contribution in [1.82, 2.24) is 4.98 Å². The first-order valence-corrected chi connectivity index (χ1v) is 8.80. The molecule has 0 radical (unpaired) electrons. The van der Waals surface area contributed by atoms with E-state index in [4.69, 9.17) is 0 Å². The Morgan fingerprint density at radius 2 is 2.14 bits per heavy atom. The Morgan fingerprint density at radius 1 is 1.23 bits per heavy atom. The fourth-order valence-electron chi connectivity index (χ4n) is 3.44. The third kappa shape index (κ3) is 2.31. The topological polar surface area (TPSA) is 33.2 Å². The maximum atomic E-state index is 13.2. The largest absolute Gasteiger partial charge is 0.310 e. The lowest BCUT2D eigenvalue weighted by Gasteiger charge is -2.33. The number of hydrogen-bond acceptors (Lipinski definition) is 3. The molecule has 112 valence electrons. The Hall–Kier alpha value is -1.81. The number of rotatable bonds is 1.